The standard InChI is InChI=1S/C21H26N2O2/c1-2-10-20(24)21-22-18-13-6-7-14-19(18)23(21)15-8-9-16-25-17-11-4-3-5-12-17/h3-7,11-14,20,24H,2,8-10,15-16H2,1H3/t20-/m0/s1. The minimum atomic E-state index is -0.502. The Labute approximate surface area is 149 Å². The molecule has 2 aromatic carbocycles. The van der Waals surface area contributed by atoms with Gasteiger partial charge < -0.3 is 14.4 Å². The van der Waals surface area contributed by atoms with Crippen LogP contribution in [0.5, 0.6) is 5.75 Å². The van der Waals surface area contributed by atoms with Gasteiger partial charge in [0.15, 0.2) is 0 Å². The summed E-state index contributed by atoms with van der Waals surface area (Å²) in [6.07, 6.45) is 3.12. The van der Waals surface area contributed by atoms with Crippen molar-refractivity contribution in [1.82, 2.24) is 9.55 Å². The van der Waals surface area contributed by atoms with E-state index in [0.29, 0.717) is 6.61 Å². The van der Waals surface area contributed by atoms with Gasteiger partial charge >= 0.3 is 0 Å². The summed E-state index contributed by atoms with van der Waals surface area (Å²) >= 11 is 0. The van der Waals surface area contributed by atoms with Crippen LogP contribution in [0.25, 0.3) is 11.0 Å². The lowest BCUT2D eigenvalue weighted by atomic mass is 10.2. The van der Waals surface area contributed by atoms with Crippen molar-refractivity contribution >= 4 is 11.0 Å². The zero-order valence-electron chi connectivity index (χ0n) is 14.8. The van der Waals surface area contributed by atoms with E-state index in [1.54, 1.807) is 0 Å². The number of aliphatic hydroxyl groups is 1. The molecule has 4 nitrogen and oxygen atoms in total. The van der Waals surface area contributed by atoms with Crippen molar-refractivity contribution in [3.8, 4) is 5.75 Å². The highest BCUT2D eigenvalue weighted by Gasteiger charge is 2.17. The van der Waals surface area contributed by atoms with Crippen molar-refractivity contribution < 1.29 is 9.84 Å². The van der Waals surface area contributed by atoms with E-state index in [-0.39, 0.29) is 0 Å². The minimum absolute atomic E-state index is 0.502. The molecule has 3 rings (SSSR count). The van der Waals surface area contributed by atoms with Crippen LogP contribution in [0.2, 0.25) is 0 Å². The van der Waals surface area contributed by atoms with Crippen LogP contribution in [0, 0.1) is 0 Å². The summed E-state index contributed by atoms with van der Waals surface area (Å²) in [5.41, 5.74) is 2.05. The highest BCUT2D eigenvalue weighted by atomic mass is 16.5. The molecule has 0 aliphatic heterocycles. The molecule has 0 radical (unpaired) electrons. The summed E-state index contributed by atoms with van der Waals surface area (Å²) < 4.78 is 7.92. The number of aryl methyl sites for hydroxylation is 1. The Balaban J connectivity index is 1.62. The average Bonchev–Trinajstić information content (AvgIpc) is 3.01. The second-order valence-corrected chi connectivity index (χ2v) is 6.28. The van der Waals surface area contributed by atoms with Gasteiger partial charge in [-0.05, 0) is 43.5 Å². The Hall–Kier alpha value is -2.33. The van der Waals surface area contributed by atoms with E-state index < -0.39 is 6.10 Å². The number of para-hydroxylation sites is 3. The third kappa shape index (κ3) is 4.40. The quantitative estimate of drug-likeness (QED) is 0.574. The number of ether oxygens (including phenoxy) is 1. The first-order valence-electron chi connectivity index (χ1n) is 9.10. The van der Waals surface area contributed by atoms with Gasteiger partial charge in [-0.3, -0.25) is 0 Å². The van der Waals surface area contributed by atoms with Crippen molar-refractivity contribution in [2.75, 3.05) is 6.61 Å². The van der Waals surface area contributed by atoms with E-state index in [4.69, 9.17) is 4.74 Å². The van der Waals surface area contributed by atoms with Crippen LogP contribution in [-0.4, -0.2) is 21.3 Å². The molecule has 1 heterocycles. The molecule has 132 valence electrons. The molecule has 3 aromatic rings. The molecule has 0 bridgehead atoms. The van der Waals surface area contributed by atoms with Gasteiger partial charge in [-0.15, -0.1) is 0 Å². The summed E-state index contributed by atoms with van der Waals surface area (Å²) in [7, 11) is 0. The summed E-state index contributed by atoms with van der Waals surface area (Å²) in [5.74, 6) is 1.70. The van der Waals surface area contributed by atoms with Crippen molar-refractivity contribution in [3.63, 3.8) is 0 Å². The van der Waals surface area contributed by atoms with Gasteiger partial charge in [-0.1, -0.05) is 43.7 Å². The zero-order chi connectivity index (χ0) is 17.5. The van der Waals surface area contributed by atoms with E-state index >= 15 is 0 Å². The maximum absolute atomic E-state index is 10.4. The molecule has 0 aliphatic carbocycles. The molecule has 0 spiro atoms. The Morgan fingerprint density at radius 2 is 1.80 bits per heavy atom. The predicted octanol–water partition coefficient (Wildman–Crippen LogP) is 4.73. The molecule has 1 aromatic heterocycles. The number of benzene rings is 2. The van der Waals surface area contributed by atoms with Crippen molar-refractivity contribution in [2.24, 2.45) is 0 Å². The van der Waals surface area contributed by atoms with Crippen LogP contribution in [0.3, 0.4) is 0 Å². The number of fused-ring (bicyclic) bond motifs is 1. The lowest BCUT2D eigenvalue weighted by molar-refractivity contribution is 0.152. The van der Waals surface area contributed by atoms with Crippen LogP contribution >= 0.6 is 0 Å². The fourth-order valence-electron chi connectivity index (χ4n) is 3.06. The molecule has 1 atom stereocenters. The molecule has 0 amide bonds. The number of aliphatic hydroxyl groups excluding tert-OH is 1. The minimum Gasteiger partial charge on any atom is -0.494 e. The topological polar surface area (TPSA) is 47.3 Å². The molecule has 0 saturated heterocycles. The van der Waals surface area contributed by atoms with Gasteiger partial charge in [0.05, 0.1) is 17.6 Å². The van der Waals surface area contributed by atoms with Gasteiger partial charge in [0.2, 0.25) is 0 Å². The first-order valence-corrected chi connectivity index (χ1v) is 9.10. The maximum atomic E-state index is 10.4. The van der Waals surface area contributed by atoms with Crippen LogP contribution in [0.4, 0.5) is 0 Å². The largest absolute Gasteiger partial charge is 0.494 e. The van der Waals surface area contributed by atoms with Crippen molar-refractivity contribution in [1.29, 1.82) is 0 Å². The monoisotopic (exact) mass is 338 g/mol. The SMILES string of the molecule is CCC[C@H](O)c1nc2ccccc2n1CCCCOc1ccccc1. The van der Waals surface area contributed by atoms with E-state index in [9.17, 15) is 5.11 Å². The third-order valence-corrected chi connectivity index (χ3v) is 4.33. The molecule has 25 heavy (non-hydrogen) atoms. The van der Waals surface area contributed by atoms with E-state index in [1.807, 2.05) is 48.5 Å². The molecule has 4 heteroatoms. The third-order valence-electron chi connectivity index (χ3n) is 4.33. The summed E-state index contributed by atoms with van der Waals surface area (Å²) in [4.78, 5) is 4.66. The summed E-state index contributed by atoms with van der Waals surface area (Å²) in [6, 6.07) is 18.0. The molecule has 0 unspecified atom stereocenters. The zero-order valence-corrected chi connectivity index (χ0v) is 14.8. The Morgan fingerprint density at radius 1 is 1.04 bits per heavy atom. The summed E-state index contributed by atoms with van der Waals surface area (Å²) in [5, 5.41) is 10.4. The first-order chi connectivity index (χ1) is 12.3. The highest BCUT2D eigenvalue weighted by molar-refractivity contribution is 5.76. The smallest absolute Gasteiger partial charge is 0.138 e. The van der Waals surface area contributed by atoms with Gasteiger partial charge in [0.25, 0.3) is 0 Å². The molecular formula is C21H26N2O2. The van der Waals surface area contributed by atoms with Crippen LogP contribution < -0.4 is 4.74 Å². The van der Waals surface area contributed by atoms with Crippen LogP contribution in [-0.2, 0) is 6.54 Å². The maximum Gasteiger partial charge on any atom is 0.138 e. The molecule has 0 fully saturated rings. The normalized spacial score (nSPS) is 12.4. The Kier molecular flexibility index (Phi) is 6.07. The lowest BCUT2D eigenvalue weighted by Crippen LogP contribution is -2.10. The first kappa shape index (κ1) is 17.5. The number of rotatable bonds is 9. The number of imidazole rings is 1. The molecule has 0 aliphatic rings. The Morgan fingerprint density at radius 3 is 2.60 bits per heavy atom. The molecular weight excluding hydrogens is 312 g/mol. The average molecular weight is 338 g/mol. The summed E-state index contributed by atoms with van der Waals surface area (Å²) in [6.45, 7) is 3.62. The van der Waals surface area contributed by atoms with E-state index in [0.717, 1.165) is 54.8 Å². The van der Waals surface area contributed by atoms with Gasteiger partial charge in [-0.25, -0.2) is 4.98 Å². The number of hydrogen-bond acceptors (Lipinski definition) is 3. The number of unbranched alkanes of at least 4 members (excludes halogenated alkanes) is 1. The van der Waals surface area contributed by atoms with Crippen LogP contribution in [0.1, 0.15) is 44.5 Å². The second-order valence-electron chi connectivity index (χ2n) is 6.28. The van der Waals surface area contributed by atoms with Crippen molar-refractivity contribution in [2.45, 2.75) is 45.3 Å². The van der Waals surface area contributed by atoms with E-state index in [1.165, 1.54) is 0 Å². The fourth-order valence-corrected chi connectivity index (χ4v) is 3.06. The highest BCUT2D eigenvalue weighted by Crippen LogP contribution is 2.24. The van der Waals surface area contributed by atoms with Crippen molar-refractivity contribution in [3.05, 3.63) is 60.4 Å². The molecule has 0 saturated carbocycles. The number of aromatic nitrogens is 2. The number of nitrogens with zero attached hydrogens (tertiary/aromatic N) is 2. The molecule has 1 N–H and O–H groups in total. The van der Waals surface area contributed by atoms with Gasteiger partial charge in [0.1, 0.15) is 17.7 Å². The van der Waals surface area contributed by atoms with Gasteiger partial charge in [0, 0.05) is 6.54 Å². The van der Waals surface area contributed by atoms with E-state index in [2.05, 4.69) is 22.5 Å². The predicted molar refractivity (Wildman–Crippen MR) is 101 cm³/mol. The number of hydrogen-bond donors (Lipinski definition) is 1. The van der Waals surface area contributed by atoms with Gasteiger partial charge in [-0.2, -0.15) is 0 Å². The second kappa shape index (κ2) is 8.67. The fraction of sp³-hybridized carbons (Fsp3) is 0.381. The lowest BCUT2D eigenvalue weighted by Gasteiger charge is -2.13. The Bertz CT molecular complexity index is 783. The van der Waals surface area contributed by atoms with Crippen LogP contribution in [0.15, 0.2) is 54.6 Å².